The van der Waals surface area contributed by atoms with Crippen molar-refractivity contribution in [2.24, 2.45) is 5.92 Å². The number of hydrogen-bond acceptors (Lipinski definition) is 5. The first kappa shape index (κ1) is 13.4. The Hall–Kier alpha value is -1.56. The number of rotatable bonds is 5. The van der Waals surface area contributed by atoms with Crippen LogP contribution in [0.3, 0.4) is 0 Å². The molecule has 2 aromatic heterocycles. The topological polar surface area (TPSA) is 46.8 Å². The lowest BCUT2D eigenvalue weighted by Gasteiger charge is -2.40. The average molecular weight is 289 g/mol. The predicted octanol–water partition coefficient (Wildman–Crippen LogP) is 2.09. The van der Waals surface area contributed by atoms with Crippen LogP contribution in [0.5, 0.6) is 0 Å². The van der Waals surface area contributed by atoms with Gasteiger partial charge in [0, 0.05) is 50.6 Å². The van der Waals surface area contributed by atoms with E-state index in [2.05, 4.69) is 37.5 Å². The van der Waals surface area contributed by atoms with Gasteiger partial charge in [0.2, 0.25) is 0 Å². The normalized spacial score (nSPS) is 15.4. The van der Waals surface area contributed by atoms with E-state index in [-0.39, 0.29) is 0 Å². The fourth-order valence-corrected chi connectivity index (χ4v) is 2.93. The molecule has 0 amide bonds. The Morgan fingerprint density at radius 1 is 1.30 bits per heavy atom. The lowest BCUT2D eigenvalue weighted by atomic mass is 10.00. The van der Waals surface area contributed by atoms with Crippen LogP contribution in [0.2, 0.25) is 0 Å². The fourth-order valence-electron chi connectivity index (χ4n) is 2.58. The van der Waals surface area contributed by atoms with Crippen molar-refractivity contribution in [2.45, 2.75) is 25.0 Å². The van der Waals surface area contributed by atoms with Crippen LogP contribution in [-0.4, -0.2) is 38.9 Å². The van der Waals surface area contributed by atoms with Gasteiger partial charge in [-0.3, -0.25) is 0 Å². The second kappa shape index (κ2) is 5.83. The molecule has 20 heavy (non-hydrogen) atoms. The van der Waals surface area contributed by atoms with Crippen LogP contribution in [0.25, 0.3) is 0 Å². The Morgan fingerprint density at radius 2 is 2.15 bits per heavy atom. The van der Waals surface area contributed by atoms with Gasteiger partial charge >= 0.3 is 0 Å². The number of thioether (sulfide) groups is 1. The highest BCUT2D eigenvalue weighted by Crippen LogP contribution is 2.25. The maximum atomic E-state index is 4.54. The summed E-state index contributed by atoms with van der Waals surface area (Å²) < 4.78 is 2.27. The molecule has 0 atom stereocenters. The summed E-state index contributed by atoms with van der Waals surface area (Å²) in [6, 6.07) is 1.99. The Bertz CT molecular complexity index is 576. The number of imidazole rings is 1. The Labute approximate surface area is 123 Å². The molecule has 0 unspecified atom stereocenters. The van der Waals surface area contributed by atoms with E-state index in [0.717, 1.165) is 37.0 Å². The number of aromatic nitrogens is 4. The fraction of sp³-hybridized carbons (Fsp3) is 0.500. The molecule has 0 aliphatic carbocycles. The molecule has 0 saturated carbocycles. The minimum absolute atomic E-state index is 0.683. The summed E-state index contributed by atoms with van der Waals surface area (Å²) in [5, 5.41) is 0.842. The molecule has 1 fully saturated rings. The molecule has 1 aliphatic rings. The summed E-state index contributed by atoms with van der Waals surface area (Å²) in [5.41, 5.74) is 0. The summed E-state index contributed by atoms with van der Waals surface area (Å²) >= 11 is 1.58. The highest BCUT2D eigenvalue weighted by Gasteiger charge is 2.28. The first-order chi connectivity index (χ1) is 9.80. The third-order valence-corrected chi connectivity index (χ3v) is 4.22. The van der Waals surface area contributed by atoms with E-state index in [1.807, 2.05) is 24.7 Å². The molecule has 5 nitrogen and oxygen atoms in total. The van der Waals surface area contributed by atoms with Crippen molar-refractivity contribution in [1.29, 1.82) is 0 Å². The van der Waals surface area contributed by atoms with Gasteiger partial charge in [0.1, 0.15) is 11.6 Å². The molecular formula is C14H19N5S. The highest BCUT2D eigenvalue weighted by atomic mass is 32.2. The zero-order valence-corrected chi connectivity index (χ0v) is 12.7. The average Bonchev–Trinajstić information content (AvgIpc) is 2.89. The van der Waals surface area contributed by atoms with Gasteiger partial charge in [0.05, 0.1) is 0 Å². The van der Waals surface area contributed by atoms with Gasteiger partial charge in [-0.25, -0.2) is 15.0 Å². The molecule has 2 aromatic rings. The first-order valence-corrected chi connectivity index (χ1v) is 8.14. The quantitative estimate of drug-likeness (QED) is 0.623. The van der Waals surface area contributed by atoms with E-state index in [1.54, 1.807) is 11.8 Å². The van der Waals surface area contributed by atoms with E-state index < -0.39 is 0 Å². The summed E-state index contributed by atoms with van der Waals surface area (Å²) in [7, 11) is 0. The zero-order valence-electron chi connectivity index (χ0n) is 11.9. The Morgan fingerprint density at radius 3 is 2.90 bits per heavy atom. The summed E-state index contributed by atoms with van der Waals surface area (Å²) in [6.45, 7) is 5.33. The van der Waals surface area contributed by atoms with Crippen molar-refractivity contribution in [3.8, 4) is 0 Å². The second-order valence-electron chi connectivity index (χ2n) is 5.02. The molecule has 3 rings (SSSR count). The third-order valence-electron chi connectivity index (χ3n) is 3.66. The molecule has 0 N–H and O–H groups in total. The monoisotopic (exact) mass is 289 g/mol. The molecule has 0 bridgehead atoms. The van der Waals surface area contributed by atoms with Gasteiger partial charge in [-0.2, -0.15) is 0 Å². The molecule has 106 valence electrons. The van der Waals surface area contributed by atoms with E-state index in [9.17, 15) is 0 Å². The number of nitrogens with zero attached hydrogens (tertiary/aromatic N) is 5. The maximum absolute atomic E-state index is 4.54. The van der Waals surface area contributed by atoms with Gasteiger partial charge in [0.25, 0.3) is 0 Å². The summed E-state index contributed by atoms with van der Waals surface area (Å²) in [5.74, 6) is 2.90. The lowest BCUT2D eigenvalue weighted by Crippen LogP contribution is -2.49. The van der Waals surface area contributed by atoms with Crippen molar-refractivity contribution in [3.05, 3.63) is 30.5 Å². The Balaban J connectivity index is 1.58. The van der Waals surface area contributed by atoms with Crippen LogP contribution in [0.4, 0.5) is 5.82 Å². The van der Waals surface area contributed by atoms with Gasteiger partial charge < -0.3 is 9.47 Å². The van der Waals surface area contributed by atoms with Crippen molar-refractivity contribution >= 4 is 17.6 Å². The predicted molar refractivity (Wildman–Crippen MR) is 81.1 cm³/mol. The van der Waals surface area contributed by atoms with Gasteiger partial charge in [-0.15, -0.1) is 0 Å². The van der Waals surface area contributed by atoms with E-state index in [1.165, 1.54) is 5.82 Å². The second-order valence-corrected chi connectivity index (χ2v) is 5.80. The van der Waals surface area contributed by atoms with Crippen molar-refractivity contribution in [3.63, 3.8) is 0 Å². The van der Waals surface area contributed by atoms with Crippen LogP contribution in [0.1, 0.15) is 12.7 Å². The summed E-state index contributed by atoms with van der Waals surface area (Å²) in [6.07, 6.45) is 8.81. The number of aryl methyl sites for hydroxylation is 1. The molecule has 1 aliphatic heterocycles. The number of anilines is 1. The summed E-state index contributed by atoms with van der Waals surface area (Å²) in [4.78, 5) is 15.4. The van der Waals surface area contributed by atoms with Crippen LogP contribution < -0.4 is 4.90 Å². The van der Waals surface area contributed by atoms with Crippen molar-refractivity contribution in [2.75, 3.05) is 24.2 Å². The number of hydrogen-bond donors (Lipinski definition) is 0. The van der Waals surface area contributed by atoms with Crippen LogP contribution in [0, 0.1) is 5.92 Å². The molecule has 1 saturated heterocycles. The zero-order chi connectivity index (χ0) is 13.9. The molecule has 6 heteroatoms. The molecule has 0 spiro atoms. The first-order valence-electron chi connectivity index (χ1n) is 6.92. The van der Waals surface area contributed by atoms with Crippen LogP contribution >= 0.6 is 11.8 Å². The van der Waals surface area contributed by atoms with Gasteiger partial charge in [0.15, 0.2) is 5.16 Å². The lowest BCUT2D eigenvalue weighted by molar-refractivity contribution is 0.350. The maximum Gasteiger partial charge on any atom is 0.189 e. The van der Waals surface area contributed by atoms with E-state index in [4.69, 9.17) is 0 Å². The third kappa shape index (κ3) is 2.65. The largest absolute Gasteiger partial charge is 0.356 e. The van der Waals surface area contributed by atoms with E-state index in [0.29, 0.717) is 5.92 Å². The van der Waals surface area contributed by atoms with Crippen molar-refractivity contribution in [1.82, 2.24) is 19.5 Å². The molecule has 3 heterocycles. The minimum Gasteiger partial charge on any atom is -0.356 e. The van der Waals surface area contributed by atoms with Gasteiger partial charge in [-0.05, 0) is 12.3 Å². The minimum atomic E-state index is 0.683. The van der Waals surface area contributed by atoms with E-state index >= 15 is 0 Å². The Kier molecular flexibility index (Phi) is 3.91. The molecule has 0 radical (unpaired) electrons. The standard InChI is InChI=1S/C14H19N5S/c1-3-12-15-6-7-18(12)8-11-9-19(10-11)13-4-5-16-14(17-13)20-2/h4-7,11H,3,8-10H2,1-2H3. The smallest absolute Gasteiger partial charge is 0.189 e. The van der Waals surface area contributed by atoms with Crippen molar-refractivity contribution < 1.29 is 0 Å². The van der Waals surface area contributed by atoms with Gasteiger partial charge in [-0.1, -0.05) is 18.7 Å². The highest BCUT2D eigenvalue weighted by molar-refractivity contribution is 7.98. The SMILES string of the molecule is CCc1nccn1CC1CN(c2ccnc(SC)n2)C1. The molecule has 0 aromatic carbocycles. The van der Waals surface area contributed by atoms with Crippen LogP contribution in [-0.2, 0) is 13.0 Å². The van der Waals surface area contributed by atoms with Crippen LogP contribution in [0.15, 0.2) is 29.8 Å². The molecular weight excluding hydrogens is 270 g/mol.